The Morgan fingerprint density at radius 1 is 0.960 bits per heavy atom. The van der Waals surface area contributed by atoms with Crippen LogP contribution in [0.4, 0.5) is 0 Å². The van der Waals surface area contributed by atoms with E-state index in [1.165, 1.54) is 0 Å². The molecule has 0 saturated heterocycles. The zero-order chi connectivity index (χ0) is 18.5. The SMILES string of the molecule is Cc1ccc(S(=O)(=O)/C(=C/CC[Si](C)(C)C)Cc2ccccc2)cc1. The summed E-state index contributed by atoms with van der Waals surface area (Å²) < 4.78 is 26.3. The third-order valence-electron chi connectivity index (χ3n) is 4.16. The molecule has 0 saturated carbocycles. The number of benzene rings is 2. The van der Waals surface area contributed by atoms with Gasteiger partial charge in [-0.2, -0.15) is 0 Å². The fraction of sp³-hybridized carbons (Fsp3) is 0.333. The predicted octanol–water partition coefficient (Wildman–Crippen LogP) is 5.62. The van der Waals surface area contributed by atoms with E-state index in [9.17, 15) is 8.42 Å². The molecule has 0 aliphatic carbocycles. The van der Waals surface area contributed by atoms with Crippen LogP contribution < -0.4 is 0 Å². The van der Waals surface area contributed by atoms with E-state index >= 15 is 0 Å². The normalized spacial score (nSPS) is 13.0. The minimum atomic E-state index is -3.46. The van der Waals surface area contributed by atoms with Crippen molar-refractivity contribution < 1.29 is 8.42 Å². The van der Waals surface area contributed by atoms with Crippen LogP contribution in [0.2, 0.25) is 25.7 Å². The van der Waals surface area contributed by atoms with Crippen molar-refractivity contribution in [2.45, 2.75) is 50.3 Å². The Hall–Kier alpha value is -1.65. The lowest BCUT2D eigenvalue weighted by Gasteiger charge is -2.15. The predicted molar refractivity (Wildman–Crippen MR) is 109 cm³/mol. The Kier molecular flexibility index (Phi) is 6.41. The third-order valence-corrected chi connectivity index (χ3v) is 7.85. The number of allylic oxidation sites excluding steroid dienone is 2. The smallest absolute Gasteiger partial charge is 0.202 e. The number of sulfone groups is 1. The standard InChI is InChI=1S/C21H28O2SSi/c1-18-12-14-20(15-13-18)24(22,23)21(11-8-16-25(2,3)4)17-19-9-6-5-7-10-19/h5-7,9-15H,8,16-17H2,1-4H3/b21-11+. The molecule has 0 fully saturated rings. The summed E-state index contributed by atoms with van der Waals surface area (Å²) in [6, 6.07) is 18.0. The van der Waals surface area contributed by atoms with E-state index < -0.39 is 17.9 Å². The van der Waals surface area contributed by atoms with Crippen LogP contribution in [-0.2, 0) is 16.3 Å². The summed E-state index contributed by atoms with van der Waals surface area (Å²) in [6.07, 6.45) is 3.21. The molecular weight excluding hydrogens is 344 g/mol. The maximum absolute atomic E-state index is 13.1. The largest absolute Gasteiger partial charge is 0.219 e. The van der Waals surface area contributed by atoms with Crippen LogP contribution in [0.1, 0.15) is 17.5 Å². The van der Waals surface area contributed by atoms with Gasteiger partial charge in [0, 0.05) is 19.4 Å². The molecule has 2 rings (SSSR count). The molecule has 4 heteroatoms. The highest BCUT2D eigenvalue weighted by molar-refractivity contribution is 7.95. The minimum Gasteiger partial charge on any atom is -0.219 e. The second-order valence-corrected chi connectivity index (χ2v) is 15.4. The van der Waals surface area contributed by atoms with E-state index in [0.717, 1.165) is 23.6 Å². The average molecular weight is 373 g/mol. The molecule has 25 heavy (non-hydrogen) atoms. The topological polar surface area (TPSA) is 34.1 Å². The Labute approximate surface area is 153 Å². The summed E-state index contributed by atoms with van der Waals surface area (Å²) in [6.45, 7) is 8.90. The first-order valence-corrected chi connectivity index (χ1v) is 13.9. The lowest BCUT2D eigenvalue weighted by molar-refractivity contribution is 0.600. The van der Waals surface area contributed by atoms with Crippen molar-refractivity contribution in [3.05, 3.63) is 76.7 Å². The van der Waals surface area contributed by atoms with Gasteiger partial charge in [-0.3, -0.25) is 0 Å². The fourth-order valence-corrected chi connectivity index (χ4v) is 5.11. The Bertz CT molecular complexity index is 814. The molecular formula is C21H28O2SSi. The van der Waals surface area contributed by atoms with Gasteiger partial charge in [-0.15, -0.1) is 0 Å². The molecule has 0 N–H and O–H groups in total. The highest BCUT2D eigenvalue weighted by atomic mass is 32.2. The summed E-state index contributed by atoms with van der Waals surface area (Å²) >= 11 is 0. The highest BCUT2D eigenvalue weighted by Crippen LogP contribution is 2.25. The quantitative estimate of drug-likeness (QED) is 0.591. The van der Waals surface area contributed by atoms with E-state index in [-0.39, 0.29) is 0 Å². The van der Waals surface area contributed by atoms with Gasteiger partial charge in [0.2, 0.25) is 9.84 Å². The van der Waals surface area contributed by atoms with Gasteiger partial charge in [-0.05, 0) is 31.0 Å². The van der Waals surface area contributed by atoms with Crippen molar-refractivity contribution in [1.29, 1.82) is 0 Å². The Balaban J connectivity index is 2.35. The van der Waals surface area contributed by atoms with E-state index in [2.05, 4.69) is 19.6 Å². The van der Waals surface area contributed by atoms with Crippen LogP contribution in [0.25, 0.3) is 0 Å². The zero-order valence-corrected chi connectivity index (χ0v) is 17.4. The van der Waals surface area contributed by atoms with Crippen molar-refractivity contribution in [3.8, 4) is 0 Å². The molecule has 0 aliphatic rings. The second kappa shape index (κ2) is 8.15. The first-order chi connectivity index (χ1) is 11.7. The van der Waals surface area contributed by atoms with Gasteiger partial charge >= 0.3 is 0 Å². The summed E-state index contributed by atoms with van der Waals surface area (Å²) in [5.74, 6) is 0. The van der Waals surface area contributed by atoms with Crippen LogP contribution in [0.15, 0.2) is 70.5 Å². The summed E-state index contributed by atoms with van der Waals surface area (Å²) in [5, 5.41) is 0. The minimum absolute atomic E-state index is 0.383. The summed E-state index contributed by atoms with van der Waals surface area (Å²) in [5.41, 5.74) is 2.09. The average Bonchev–Trinajstić information content (AvgIpc) is 2.54. The van der Waals surface area contributed by atoms with Gasteiger partial charge in [0.15, 0.2) is 0 Å². The van der Waals surface area contributed by atoms with Gasteiger partial charge in [0.1, 0.15) is 0 Å². The molecule has 0 aromatic heterocycles. The number of hydrogen-bond donors (Lipinski definition) is 0. The van der Waals surface area contributed by atoms with Crippen molar-refractivity contribution in [2.24, 2.45) is 0 Å². The Morgan fingerprint density at radius 3 is 2.12 bits per heavy atom. The molecule has 0 radical (unpaired) electrons. The molecule has 0 unspecified atom stereocenters. The van der Waals surface area contributed by atoms with Crippen LogP contribution in [-0.4, -0.2) is 16.5 Å². The molecule has 2 aromatic carbocycles. The maximum Gasteiger partial charge on any atom is 0.202 e. The molecule has 2 aromatic rings. The molecule has 2 nitrogen and oxygen atoms in total. The lowest BCUT2D eigenvalue weighted by Crippen LogP contribution is -2.18. The highest BCUT2D eigenvalue weighted by Gasteiger charge is 2.21. The van der Waals surface area contributed by atoms with Gasteiger partial charge in [0.05, 0.1) is 4.90 Å². The Morgan fingerprint density at radius 2 is 1.56 bits per heavy atom. The molecule has 0 bridgehead atoms. The summed E-state index contributed by atoms with van der Waals surface area (Å²) in [7, 11) is -4.66. The van der Waals surface area contributed by atoms with Gasteiger partial charge < -0.3 is 0 Å². The van der Waals surface area contributed by atoms with Gasteiger partial charge in [0.25, 0.3) is 0 Å². The monoisotopic (exact) mass is 372 g/mol. The van der Waals surface area contributed by atoms with Gasteiger partial charge in [-0.1, -0.05) is 79.8 Å². The maximum atomic E-state index is 13.1. The zero-order valence-electron chi connectivity index (χ0n) is 15.6. The first kappa shape index (κ1) is 19.7. The molecule has 0 spiro atoms. The molecule has 0 amide bonds. The van der Waals surface area contributed by atoms with Crippen LogP contribution in [0.3, 0.4) is 0 Å². The third kappa shape index (κ3) is 5.98. The fourth-order valence-electron chi connectivity index (χ4n) is 2.61. The molecule has 0 atom stereocenters. The lowest BCUT2D eigenvalue weighted by atomic mass is 10.1. The molecule has 134 valence electrons. The molecule has 0 aliphatic heterocycles. The van der Waals surface area contributed by atoms with E-state index in [4.69, 9.17) is 0 Å². The number of hydrogen-bond acceptors (Lipinski definition) is 2. The summed E-state index contributed by atoms with van der Waals surface area (Å²) in [4.78, 5) is 0.897. The van der Waals surface area contributed by atoms with Crippen LogP contribution in [0.5, 0.6) is 0 Å². The van der Waals surface area contributed by atoms with Crippen molar-refractivity contribution in [1.82, 2.24) is 0 Å². The van der Waals surface area contributed by atoms with Crippen molar-refractivity contribution >= 4 is 17.9 Å². The van der Waals surface area contributed by atoms with E-state index in [0.29, 0.717) is 16.2 Å². The van der Waals surface area contributed by atoms with E-state index in [1.54, 1.807) is 12.1 Å². The number of rotatable bonds is 7. The van der Waals surface area contributed by atoms with Crippen LogP contribution >= 0.6 is 0 Å². The van der Waals surface area contributed by atoms with Gasteiger partial charge in [-0.25, -0.2) is 8.42 Å². The van der Waals surface area contributed by atoms with Crippen molar-refractivity contribution in [3.63, 3.8) is 0 Å². The van der Waals surface area contributed by atoms with Crippen molar-refractivity contribution in [2.75, 3.05) is 0 Å². The first-order valence-electron chi connectivity index (χ1n) is 8.73. The van der Waals surface area contributed by atoms with E-state index in [1.807, 2.05) is 55.5 Å². The molecule has 0 heterocycles. The second-order valence-electron chi connectivity index (χ2n) is 7.75. The van der Waals surface area contributed by atoms with Crippen LogP contribution in [0, 0.1) is 6.92 Å². The number of aryl methyl sites for hydroxylation is 1.